The van der Waals surface area contributed by atoms with E-state index in [-0.39, 0.29) is 4.90 Å². The van der Waals surface area contributed by atoms with Gasteiger partial charge in [0, 0.05) is 0 Å². The van der Waals surface area contributed by atoms with Gasteiger partial charge in [-0.3, -0.25) is 0 Å². The van der Waals surface area contributed by atoms with Gasteiger partial charge in [-0.15, -0.1) is 0 Å². The van der Waals surface area contributed by atoms with Crippen LogP contribution in [-0.2, 0) is 14.3 Å². The van der Waals surface area contributed by atoms with Gasteiger partial charge in [0.2, 0.25) is 0 Å². The molecule has 0 heterocycles. The van der Waals surface area contributed by atoms with Crippen LogP contribution in [0.3, 0.4) is 0 Å². The minimum Gasteiger partial charge on any atom is -0.449 e. The maximum atomic E-state index is 11.4. The quantitative estimate of drug-likeness (QED) is 0.782. The third-order valence-corrected chi connectivity index (χ3v) is 3.35. The predicted octanol–water partition coefficient (Wildman–Crippen LogP) is 1.69. The fourth-order valence-corrected chi connectivity index (χ4v) is 2.19. The van der Waals surface area contributed by atoms with Gasteiger partial charge in [-0.05, 0) is 31.0 Å². The molecule has 0 aliphatic rings. The Labute approximate surface area is 87.4 Å². The van der Waals surface area contributed by atoms with Crippen LogP contribution in [0.2, 0.25) is 0 Å². The Kier molecular flexibility index (Phi) is 2.99. The van der Waals surface area contributed by atoms with Gasteiger partial charge >= 0.3 is 16.3 Å². The van der Waals surface area contributed by atoms with E-state index in [1.54, 1.807) is 19.9 Å². The zero-order chi connectivity index (χ0) is 11.6. The van der Waals surface area contributed by atoms with Crippen molar-refractivity contribution in [2.45, 2.75) is 18.7 Å². The molecule has 1 aromatic carbocycles. The van der Waals surface area contributed by atoms with E-state index in [4.69, 9.17) is 5.11 Å². The van der Waals surface area contributed by atoms with Crippen LogP contribution >= 0.6 is 0 Å². The Morgan fingerprint density at radius 2 is 1.93 bits per heavy atom. The Morgan fingerprint density at radius 3 is 2.47 bits per heavy atom. The summed E-state index contributed by atoms with van der Waals surface area (Å²) in [6.45, 7) is 3.32. The van der Waals surface area contributed by atoms with Crippen molar-refractivity contribution in [3.8, 4) is 0 Å². The average Bonchev–Trinajstić information content (AvgIpc) is 2.07. The molecule has 0 fully saturated rings. The van der Waals surface area contributed by atoms with Crippen LogP contribution in [0.5, 0.6) is 0 Å². The Hall–Kier alpha value is -1.56. The second-order valence-electron chi connectivity index (χ2n) is 3.00. The third kappa shape index (κ3) is 2.47. The number of hydrogen-bond acceptors (Lipinski definition) is 4. The molecular weight excluding hydrogens is 220 g/mol. The minimum absolute atomic E-state index is 0.120. The second kappa shape index (κ2) is 3.90. The summed E-state index contributed by atoms with van der Waals surface area (Å²) >= 11 is 0. The summed E-state index contributed by atoms with van der Waals surface area (Å²) in [4.78, 5) is 10.1. The van der Waals surface area contributed by atoms with Crippen molar-refractivity contribution in [3.05, 3.63) is 29.3 Å². The molecule has 1 rings (SSSR count). The molecule has 0 bridgehead atoms. The van der Waals surface area contributed by atoms with E-state index < -0.39 is 16.3 Å². The third-order valence-electron chi connectivity index (χ3n) is 2.01. The number of aryl methyl sites for hydroxylation is 1. The fourth-order valence-electron chi connectivity index (χ4n) is 1.13. The summed E-state index contributed by atoms with van der Waals surface area (Å²) in [6, 6.07) is 4.57. The molecule has 1 N–H and O–H groups in total. The topological polar surface area (TPSA) is 80.7 Å². The van der Waals surface area contributed by atoms with Crippen molar-refractivity contribution in [2.24, 2.45) is 0 Å². The molecule has 15 heavy (non-hydrogen) atoms. The van der Waals surface area contributed by atoms with Gasteiger partial charge in [-0.2, -0.15) is 8.42 Å². The molecule has 0 saturated carbocycles. The zero-order valence-corrected chi connectivity index (χ0v) is 9.04. The van der Waals surface area contributed by atoms with Crippen LogP contribution in [0.25, 0.3) is 0 Å². The molecule has 0 radical (unpaired) electrons. The molecule has 0 aromatic heterocycles. The number of hydrogen-bond donors (Lipinski definition) is 1. The van der Waals surface area contributed by atoms with Crippen LogP contribution in [0.1, 0.15) is 11.1 Å². The van der Waals surface area contributed by atoms with Crippen molar-refractivity contribution in [3.63, 3.8) is 0 Å². The smallest absolute Gasteiger partial charge is 0.449 e. The van der Waals surface area contributed by atoms with E-state index in [1.807, 2.05) is 0 Å². The van der Waals surface area contributed by atoms with E-state index >= 15 is 0 Å². The highest BCUT2D eigenvalue weighted by molar-refractivity contribution is 7.87. The SMILES string of the molecule is Cc1cccc(S(=O)(=O)OC(=O)O)c1C. The van der Waals surface area contributed by atoms with E-state index in [0.29, 0.717) is 5.56 Å². The largest absolute Gasteiger partial charge is 0.522 e. The van der Waals surface area contributed by atoms with Crippen molar-refractivity contribution < 1.29 is 22.5 Å². The molecule has 0 aliphatic heterocycles. The van der Waals surface area contributed by atoms with Crippen molar-refractivity contribution in [2.75, 3.05) is 0 Å². The number of benzene rings is 1. The number of carboxylic acid groups (broad SMARTS) is 1. The maximum Gasteiger partial charge on any atom is 0.522 e. The van der Waals surface area contributed by atoms with Gasteiger partial charge < -0.3 is 9.29 Å². The first-order valence-electron chi connectivity index (χ1n) is 4.08. The van der Waals surface area contributed by atoms with Gasteiger partial charge in [0.15, 0.2) is 0 Å². The van der Waals surface area contributed by atoms with Crippen molar-refractivity contribution >= 4 is 16.3 Å². The zero-order valence-electron chi connectivity index (χ0n) is 8.22. The summed E-state index contributed by atoms with van der Waals surface area (Å²) in [6.07, 6.45) is -1.84. The molecule has 1 aromatic rings. The van der Waals surface area contributed by atoms with Crippen LogP contribution in [0, 0.1) is 13.8 Å². The fraction of sp³-hybridized carbons (Fsp3) is 0.222. The average molecular weight is 230 g/mol. The van der Waals surface area contributed by atoms with Gasteiger partial charge in [0.05, 0.1) is 0 Å². The number of carbonyl (C=O) groups is 1. The molecule has 0 unspecified atom stereocenters. The van der Waals surface area contributed by atoms with Crippen LogP contribution < -0.4 is 0 Å². The maximum absolute atomic E-state index is 11.4. The summed E-state index contributed by atoms with van der Waals surface area (Å²) in [5.74, 6) is 0. The lowest BCUT2D eigenvalue weighted by atomic mass is 10.1. The molecule has 0 saturated heterocycles. The minimum atomic E-state index is -4.21. The monoisotopic (exact) mass is 230 g/mol. The van der Waals surface area contributed by atoms with Gasteiger partial charge in [0.25, 0.3) is 0 Å². The van der Waals surface area contributed by atoms with E-state index in [2.05, 4.69) is 4.18 Å². The highest BCUT2D eigenvalue weighted by atomic mass is 32.2. The van der Waals surface area contributed by atoms with Crippen LogP contribution in [0.15, 0.2) is 23.1 Å². The molecule has 0 aliphatic carbocycles. The molecule has 82 valence electrons. The van der Waals surface area contributed by atoms with Gasteiger partial charge in [0.1, 0.15) is 4.90 Å². The van der Waals surface area contributed by atoms with E-state index in [9.17, 15) is 13.2 Å². The first-order chi connectivity index (χ1) is 6.84. The summed E-state index contributed by atoms with van der Waals surface area (Å²) in [5, 5.41) is 8.27. The van der Waals surface area contributed by atoms with Crippen molar-refractivity contribution in [1.29, 1.82) is 0 Å². The first-order valence-corrected chi connectivity index (χ1v) is 5.49. The molecule has 5 nitrogen and oxygen atoms in total. The van der Waals surface area contributed by atoms with E-state index in [1.165, 1.54) is 12.1 Å². The van der Waals surface area contributed by atoms with Gasteiger partial charge in [-0.25, -0.2) is 4.79 Å². The predicted molar refractivity (Wildman–Crippen MR) is 52.2 cm³/mol. The Morgan fingerprint density at radius 1 is 1.33 bits per heavy atom. The van der Waals surface area contributed by atoms with Crippen molar-refractivity contribution in [1.82, 2.24) is 0 Å². The van der Waals surface area contributed by atoms with Crippen LogP contribution in [-0.4, -0.2) is 19.7 Å². The van der Waals surface area contributed by atoms with Crippen LogP contribution in [0.4, 0.5) is 4.79 Å². The molecule has 6 heteroatoms. The van der Waals surface area contributed by atoms with E-state index in [0.717, 1.165) is 5.56 Å². The summed E-state index contributed by atoms with van der Waals surface area (Å²) in [5.41, 5.74) is 1.24. The molecule has 0 amide bonds. The van der Waals surface area contributed by atoms with Gasteiger partial charge in [-0.1, -0.05) is 12.1 Å². The summed E-state index contributed by atoms with van der Waals surface area (Å²) < 4.78 is 26.7. The lowest BCUT2D eigenvalue weighted by molar-refractivity contribution is 0.147. The number of rotatable bonds is 2. The molecule has 0 spiro atoms. The molecular formula is C9H10O5S. The highest BCUT2D eigenvalue weighted by Gasteiger charge is 2.22. The highest BCUT2D eigenvalue weighted by Crippen LogP contribution is 2.20. The second-order valence-corrected chi connectivity index (χ2v) is 4.52. The summed E-state index contributed by atoms with van der Waals surface area (Å²) in [7, 11) is -4.21. The Balaban J connectivity index is 3.28. The lowest BCUT2D eigenvalue weighted by Gasteiger charge is -2.07. The standard InChI is InChI=1S/C9H10O5S/c1-6-4-3-5-8(7(6)2)15(12,13)14-9(10)11/h3-5H,1-2H3,(H,10,11). The first kappa shape index (κ1) is 11.5. The Bertz CT molecular complexity index is 489. The molecule has 0 atom stereocenters. The normalized spacial score (nSPS) is 11.1. The lowest BCUT2D eigenvalue weighted by Crippen LogP contribution is -2.12.